The molecule has 4 heteroatoms. The number of rotatable bonds is 6. The first-order chi connectivity index (χ1) is 7.84. The number of nitrogens with zero attached hydrogens (tertiary/aromatic N) is 1. The van der Waals surface area contributed by atoms with Crippen LogP contribution in [0.25, 0.3) is 0 Å². The third-order valence-corrected chi connectivity index (χ3v) is 4.13. The summed E-state index contributed by atoms with van der Waals surface area (Å²) >= 11 is 1.85. The molecule has 0 aromatic carbocycles. The van der Waals surface area contributed by atoms with Crippen LogP contribution in [0, 0.1) is 11.8 Å². The lowest BCUT2D eigenvalue weighted by molar-refractivity contribution is 0.123. The molecule has 0 aromatic rings. The maximum atomic E-state index is 5.58. The van der Waals surface area contributed by atoms with Crippen molar-refractivity contribution in [3.63, 3.8) is 0 Å². The minimum atomic E-state index is 0.734. The Morgan fingerprint density at radius 1 is 1.50 bits per heavy atom. The number of hydrogen-bond acceptors (Lipinski definition) is 4. The zero-order chi connectivity index (χ0) is 11.2. The minimum Gasteiger partial charge on any atom is -0.381 e. The lowest BCUT2D eigenvalue weighted by Crippen LogP contribution is -2.27. The number of amidine groups is 1. The lowest BCUT2D eigenvalue weighted by Gasteiger charge is -2.17. The van der Waals surface area contributed by atoms with E-state index in [1.165, 1.54) is 18.6 Å². The topological polar surface area (TPSA) is 33.6 Å². The average Bonchev–Trinajstić information content (AvgIpc) is 3.10. The van der Waals surface area contributed by atoms with Crippen LogP contribution in [0.1, 0.15) is 26.2 Å². The van der Waals surface area contributed by atoms with Gasteiger partial charge in [0.1, 0.15) is 0 Å². The summed E-state index contributed by atoms with van der Waals surface area (Å²) in [5.41, 5.74) is 0. The first kappa shape index (κ1) is 12.2. The van der Waals surface area contributed by atoms with E-state index in [0.717, 1.165) is 49.7 Å². The summed E-state index contributed by atoms with van der Waals surface area (Å²) in [6.07, 6.45) is 3.84. The monoisotopic (exact) mass is 242 g/mol. The summed E-state index contributed by atoms with van der Waals surface area (Å²) in [4.78, 5) is 4.49. The largest absolute Gasteiger partial charge is 0.381 e. The van der Waals surface area contributed by atoms with Crippen molar-refractivity contribution in [2.24, 2.45) is 16.8 Å². The van der Waals surface area contributed by atoms with E-state index in [4.69, 9.17) is 4.74 Å². The Kier molecular flexibility index (Phi) is 4.97. The molecule has 2 rings (SSSR count). The van der Waals surface area contributed by atoms with E-state index in [-0.39, 0.29) is 0 Å². The molecule has 92 valence electrons. The molecule has 1 unspecified atom stereocenters. The molecule has 1 aliphatic heterocycles. The second-order valence-electron chi connectivity index (χ2n) is 4.86. The Bertz CT molecular complexity index is 241. The van der Waals surface area contributed by atoms with Crippen molar-refractivity contribution in [2.75, 3.05) is 32.1 Å². The van der Waals surface area contributed by atoms with Crippen molar-refractivity contribution in [1.29, 1.82) is 0 Å². The van der Waals surface area contributed by atoms with Gasteiger partial charge in [0, 0.05) is 32.1 Å². The second-order valence-corrected chi connectivity index (χ2v) is 5.87. The fourth-order valence-electron chi connectivity index (χ4n) is 1.57. The normalized spacial score (nSPS) is 25.3. The van der Waals surface area contributed by atoms with E-state index in [9.17, 15) is 0 Å². The van der Waals surface area contributed by atoms with Crippen LogP contribution in [0.5, 0.6) is 0 Å². The zero-order valence-corrected chi connectivity index (χ0v) is 10.9. The average molecular weight is 242 g/mol. The SMILES string of the molecule is CC1CN=C(NCCCOCC2CC2)SC1. The van der Waals surface area contributed by atoms with Crippen LogP contribution in [-0.4, -0.2) is 37.2 Å². The first-order valence-electron chi connectivity index (χ1n) is 6.33. The highest BCUT2D eigenvalue weighted by atomic mass is 32.2. The van der Waals surface area contributed by atoms with Crippen molar-refractivity contribution < 1.29 is 4.74 Å². The van der Waals surface area contributed by atoms with Gasteiger partial charge in [-0.2, -0.15) is 0 Å². The molecule has 1 heterocycles. The van der Waals surface area contributed by atoms with Crippen molar-refractivity contribution >= 4 is 16.9 Å². The van der Waals surface area contributed by atoms with Crippen molar-refractivity contribution in [2.45, 2.75) is 26.2 Å². The lowest BCUT2D eigenvalue weighted by atomic mass is 10.2. The van der Waals surface area contributed by atoms with Crippen LogP contribution >= 0.6 is 11.8 Å². The Hall–Kier alpha value is -0.220. The fourth-order valence-corrected chi connectivity index (χ4v) is 2.49. The molecule has 1 fully saturated rings. The fraction of sp³-hybridized carbons (Fsp3) is 0.917. The van der Waals surface area contributed by atoms with Gasteiger partial charge in [0.25, 0.3) is 0 Å². The van der Waals surface area contributed by atoms with Crippen LogP contribution < -0.4 is 5.32 Å². The molecule has 1 saturated carbocycles. The van der Waals surface area contributed by atoms with E-state index in [2.05, 4.69) is 17.2 Å². The Morgan fingerprint density at radius 2 is 2.38 bits per heavy atom. The standard InChI is InChI=1S/C12H22N2OS/c1-10-7-14-12(16-9-10)13-5-2-6-15-8-11-3-4-11/h10-11H,2-9H2,1H3,(H,13,14). The highest BCUT2D eigenvalue weighted by Gasteiger charge is 2.20. The first-order valence-corrected chi connectivity index (χ1v) is 7.32. The smallest absolute Gasteiger partial charge is 0.156 e. The number of hydrogen-bond donors (Lipinski definition) is 1. The minimum absolute atomic E-state index is 0.734. The molecule has 0 amide bonds. The Balaban J connectivity index is 1.44. The van der Waals surface area contributed by atoms with Gasteiger partial charge in [-0.1, -0.05) is 18.7 Å². The molecule has 3 nitrogen and oxygen atoms in total. The van der Waals surface area contributed by atoms with E-state index in [0.29, 0.717) is 0 Å². The van der Waals surface area contributed by atoms with Gasteiger partial charge in [-0.15, -0.1) is 0 Å². The van der Waals surface area contributed by atoms with Crippen molar-refractivity contribution in [3.05, 3.63) is 0 Å². The molecule has 0 saturated heterocycles. The van der Waals surface area contributed by atoms with Gasteiger partial charge < -0.3 is 10.1 Å². The summed E-state index contributed by atoms with van der Waals surface area (Å²) in [5, 5.41) is 4.50. The van der Waals surface area contributed by atoms with Crippen LogP contribution in [0.15, 0.2) is 4.99 Å². The van der Waals surface area contributed by atoms with Gasteiger partial charge in [0.2, 0.25) is 0 Å². The highest BCUT2D eigenvalue weighted by Crippen LogP contribution is 2.28. The zero-order valence-electron chi connectivity index (χ0n) is 10.1. The molecule has 1 aliphatic carbocycles. The van der Waals surface area contributed by atoms with Gasteiger partial charge in [0.15, 0.2) is 5.17 Å². The molecule has 2 aliphatic rings. The molecule has 16 heavy (non-hydrogen) atoms. The van der Waals surface area contributed by atoms with Crippen LogP contribution in [0.4, 0.5) is 0 Å². The maximum absolute atomic E-state index is 5.58. The predicted octanol–water partition coefficient (Wildman–Crippen LogP) is 2.13. The molecule has 0 radical (unpaired) electrons. The van der Waals surface area contributed by atoms with Gasteiger partial charge in [-0.05, 0) is 31.1 Å². The molecule has 1 atom stereocenters. The summed E-state index contributed by atoms with van der Waals surface area (Å²) in [7, 11) is 0. The second kappa shape index (κ2) is 6.50. The summed E-state index contributed by atoms with van der Waals surface area (Å²) in [5.74, 6) is 2.81. The molecular weight excluding hydrogens is 220 g/mol. The third kappa shape index (κ3) is 4.74. The van der Waals surface area contributed by atoms with Gasteiger partial charge >= 0.3 is 0 Å². The van der Waals surface area contributed by atoms with Gasteiger partial charge in [0.05, 0.1) is 0 Å². The van der Waals surface area contributed by atoms with Crippen molar-refractivity contribution in [1.82, 2.24) is 5.32 Å². The third-order valence-electron chi connectivity index (χ3n) is 2.84. The summed E-state index contributed by atoms with van der Waals surface area (Å²) in [6, 6.07) is 0. The molecule has 0 bridgehead atoms. The van der Waals surface area contributed by atoms with Crippen LogP contribution in [0.3, 0.4) is 0 Å². The highest BCUT2D eigenvalue weighted by molar-refractivity contribution is 8.13. The van der Waals surface area contributed by atoms with Crippen LogP contribution in [-0.2, 0) is 4.74 Å². The number of nitrogens with one attached hydrogen (secondary N) is 1. The van der Waals surface area contributed by atoms with E-state index >= 15 is 0 Å². The molecule has 1 N–H and O–H groups in total. The molecular formula is C12H22N2OS. The van der Waals surface area contributed by atoms with Crippen molar-refractivity contribution in [3.8, 4) is 0 Å². The summed E-state index contributed by atoms with van der Waals surface area (Å²) in [6.45, 7) is 6.09. The Labute approximate surface area is 102 Å². The van der Waals surface area contributed by atoms with Gasteiger partial charge in [-0.3, -0.25) is 4.99 Å². The Morgan fingerprint density at radius 3 is 3.06 bits per heavy atom. The van der Waals surface area contributed by atoms with E-state index < -0.39 is 0 Å². The van der Waals surface area contributed by atoms with E-state index in [1.54, 1.807) is 0 Å². The van der Waals surface area contributed by atoms with E-state index in [1.807, 2.05) is 11.8 Å². The molecule has 0 spiro atoms. The predicted molar refractivity (Wildman–Crippen MR) is 70.1 cm³/mol. The number of ether oxygens (including phenoxy) is 1. The number of aliphatic imine (C=N–C) groups is 1. The number of thioether (sulfide) groups is 1. The van der Waals surface area contributed by atoms with Gasteiger partial charge in [-0.25, -0.2) is 0 Å². The molecule has 0 aromatic heterocycles. The van der Waals surface area contributed by atoms with Crippen LogP contribution in [0.2, 0.25) is 0 Å². The maximum Gasteiger partial charge on any atom is 0.156 e. The quantitative estimate of drug-likeness (QED) is 0.724. The summed E-state index contributed by atoms with van der Waals surface area (Å²) < 4.78 is 5.58.